The summed E-state index contributed by atoms with van der Waals surface area (Å²) in [5.74, 6) is 0.397. The highest BCUT2D eigenvalue weighted by atomic mass is 19.1. The van der Waals surface area contributed by atoms with Gasteiger partial charge in [-0.05, 0) is 36.5 Å². The fourth-order valence-corrected chi connectivity index (χ4v) is 3.04. The third kappa shape index (κ3) is 2.51. The molecule has 0 aromatic heterocycles. The third-order valence-corrected chi connectivity index (χ3v) is 4.02. The van der Waals surface area contributed by atoms with E-state index in [9.17, 15) is 4.39 Å². The SMILES string of the molecule is CCCC(C)C(CN)N1CCc2ccc(F)cc21. The molecule has 2 atom stereocenters. The lowest BCUT2D eigenvalue weighted by Crippen LogP contribution is -2.44. The average molecular weight is 250 g/mol. The number of halogens is 1. The average Bonchev–Trinajstić information content (AvgIpc) is 2.74. The first kappa shape index (κ1) is 13.3. The minimum atomic E-state index is -0.153. The number of rotatable bonds is 5. The summed E-state index contributed by atoms with van der Waals surface area (Å²) in [6, 6.07) is 5.44. The van der Waals surface area contributed by atoms with Crippen molar-refractivity contribution < 1.29 is 4.39 Å². The van der Waals surface area contributed by atoms with Crippen LogP contribution in [0.3, 0.4) is 0 Å². The van der Waals surface area contributed by atoms with Crippen molar-refractivity contribution in [1.82, 2.24) is 0 Å². The van der Waals surface area contributed by atoms with Crippen LogP contribution in [0.1, 0.15) is 32.3 Å². The quantitative estimate of drug-likeness (QED) is 0.870. The number of anilines is 1. The van der Waals surface area contributed by atoms with E-state index in [1.54, 1.807) is 12.1 Å². The predicted octanol–water partition coefficient (Wildman–Crippen LogP) is 2.95. The van der Waals surface area contributed by atoms with Crippen LogP contribution in [0.25, 0.3) is 0 Å². The van der Waals surface area contributed by atoms with Gasteiger partial charge in [0.2, 0.25) is 0 Å². The zero-order valence-corrected chi connectivity index (χ0v) is 11.3. The van der Waals surface area contributed by atoms with E-state index >= 15 is 0 Å². The lowest BCUT2D eigenvalue weighted by atomic mass is 9.95. The van der Waals surface area contributed by atoms with Crippen LogP contribution in [0.15, 0.2) is 18.2 Å². The molecule has 100 valence electrons. The molecule has 1 heterocycles. The third-order valence-electron chi connectivity index (χ3n) is 4.02. The van der Waals surface area contributed by atoms with Crippen molar-refractivity contribution in [2.45, 2.75) is 39.2 Å². The monoisotopic (exact) mass is 250 g/mol. The normalized spacial score (nSPS) is 17.7. The van der Waals surface area contributed by atoms with Gasteiger partial charge in [-0.3, -0.25) is 0 Å². The Bertz CT molecular complexity index is 405. The maximum atomic E-state index is 13.4. The Kier molecular flexibility index (Phi) is 4.23. The van der Waals surface area contributed by atoms with E-state index in [0.717, 1.165) is 18.7 Å². The van der Waals surface area contributed by atoms with Gasteiger partial charge in [0.05, 0.1) is 0 Å². The minimum Gasteiger partial charge on any atom is -0.366 e. The predicted molar refractivity (Wildman–Crippen MR) is 74.4 cm³/mol. The molecule has 2 rings (SSSR count). The fourth-order valence-electron chi connectivity index (χ4n) is 3.04. The Hall–Kier alpha value is -1.09. The van der Waals surface area contributed by atoms with Gasteiger partial charge < -0.3 is 10.6 Å². The van der Waals surface area contributed by atoms with Gasteiger partial charge in [-0.2, -0.15) is 0 Å². The van der Waals surface area contributed by atoms with E-state index < -0.39 is 0 Å². The highest BCUT2D eigenvalue weighted by molar-refractivity contribution is 5.59. The van der Waals surface area contributed by atoms with Crippen LogP contribution in [0, 0.1) is 11.7 Å². The maximum Gasteiger partial charge on any atom is 0.125 e. The largest absolute Gasteiger partial charge is 0.366 e. The van der Waals surface area contributed by atoms with Gasteiger partial charge in [-0.15, -0.1) is 0 Å². The lowest BCUT2D eigenvalue weighted by Gasteiger charge is -2.34. The summed E-state index contributed by atoms with van der Waals surface area (Å²) >= 11 is 0. The van der Waals surface area contributed by atoms with Crippen molar-refractivity contribution in [2.24, 2.45) is 11.7 Å². The molecule has 2 nitrogen and oxygen atoms in total. The summed E-state index contributed by atoms with van der Waals surface area (Å²) in [5, 5.41) is 0. The Labute approximate surface area is 109 Å². The molecule has 1 aliphatic heterocycles. The molecule has 18 heavy (non-hydrogen) atoms. The number of nitrogens with zero attached hydrogens (tertiary/aromatic N) is 1. The fraction of sp³-hybridized carbons (Fsp3) is 0.600. The molecule has 0 fully saturated rings. The van der Waals surface area contributed by atoms with Crippen LogP contribution in [0.4, 0.5) is 10.1 Å². The molecule has 2 N–H and O–H groups in total. The Balaban J connectivity index is 2.22. The molecular weight excluding hydrogens is 227 g/mol. The highest BCUT2D eigenvalue weighted by Crippen LogP contribution is 2.32. The Morgan fingerprint density at radius 2 is 2.22 bits per heavy atom. The lowest BCUT2D eigenvalue weighted by molar-refractivity contribution is 0.406. The van der Waals surface area contributed by atoms with E-state index in [2.05, 4.69) is 18.7 Å². The second-order valence-electron chi connectivity index (χ2n) is 5.29. The van der Waals surface area contributed by atoms with Gasteiger partial charge in [-0.1, -0.05) is 26.3 Å². The van der Waals surface area contributed by atoms with Gasteiger partial charge in [0.1, 0.15) is 5.82 Å². The zero-order chi connectivity index (χ0) is 13.1. The van der Waals surface area contributed by atoms with Crippen LogP contribution >= 0.6 is 0 Å². The van der Waals surface area contributed by atoms with Crippen molar-refractivity contribution in [2.75, 3.05) is 18.0 Å². The smallest absolute Gasteiger partial charge is 0.125 e. The first-order valence-electron chi connectivity index (χ1n) is 6.92. The molecule has 3 heteroatoms. The topological polar surface area (TPSA) is 29.3 Å². The summed E-state index contributed by atoms with van der Waals surface area (Å²) < 4.78 is 13.4. The highest BCUT2D eigenvalue weighted by Gasteiger charge is 2.28. The van der Waals surface area contributed by atoms with Crippen molar-refractivity contribution >= 4 is 5.69 Å². The van der Waals surface area contributed by atoms with Crippen LogP contribution in [-0.4, -0.2) is 19.1 Å². The van der Waals surface area contributed by atoms with Crippen LogP contribution in [0.5, 0.6) is 0 Å². The van der Waals surface area contributed by atoms with E-state index in [-0.39, 0.29) is 5.82 Å². The molecule has 0 saturated heterocycles. The van der Waals surface area contributed by atoms with Gasteiger partial charge in [0.25, 0.3) is 0 Å². The van der Waals surface area contributed by atoms with E-state index in [1.165, 1.54) is 18.4 Å². The summed E-state index contributed by atoms with van der Waals surface area (Å²) in [7, 11) is 0. The molecular formula is C15H23FN2. The second kappa shape index (κ2) is 5.70. The van der Waals surface area contributed by atoms with Crippen LogP contribution in [-0.2, 0) is 6.42 Å². The van der Waals surface area contributed by atoms with Crippen molar-refractivity contribution in [3.05, 3.63) is 29.6 Å². The van der Waals surface area contributed by atoms with Gasteiger partial charge in [-0.25, -0.2) is 4.39 Å². The summed E-state index contributed by atoms with van der Waals surface area (Å²) in [5.41, 5.74) is 8.24. The molecule has 1 aromatic carbocycles. The first-order valence-corrected chi connectivity index (χ1v) is 6.92. The van der Waals surface area contributed by atoms with E-state index in [4.69, 9.17) is 5.73 Å². The second-order valence-corrected chi connectivity index (χ2v) is 5.29. The van der Waals surface area contributed by atoms with Gasteiger partial charge in [0.15, 0.2) is 0 Å². The number of benzene rings is 1. The standard InChI is InChI=1S/C15H23FN2/c1-3-4-11(2)15(10-17)18-8-7-12-5-6-13(16)9-14(12)18/h5-6,9,11,15H,3-4,7-8,10,17H2,1-2H3. The van der Waals surface area contributed by atoms with Gasteiger partial charge >= 0.3 is 0 Å². The number of hydrogen-bond acceptors (Lipinski definition) is 2. The minimum absolute atomic E-state index is 0.153. The molecule has 2 unspecified atom stereocenters. The molecule has 1 aliphatic rings. The Morgan fingerprint density at radius 1 is 1.44 bits per heavy atom. The Morgan fingerprint density at radius 3 is 2.89 bits per heavy atom. The molecule has 0 saturated carbocycles. The summed E-state index contributed by atoms with van der Waals surface area (Å²) in [6.07, 6.45) is 3.34. The van der Waals surface area contributed by atoms with Crippen molar-refractivity contribution in [3.8, 4) is 0 Å². The molecule has 0 amide bonds. The first-order chi connectivity index (χ1) is 8.67. The van der Waals surface area contributed by atoms with Crippen molar-refractivity contribution in [1.29, 1.82) is 0 Å². The molecule has 0 bridgehead atoms. The molecule has 0 radical (unpaired) electrons. The van der Waals surface area contributed by atoms with Gasteiger partial charge in [0, 0.05) is 24.8 Å². The maximum absolute atomic E-state index is 13.4. The van der Waals surface area contributed by atoms with E-state index in [1.807, 2.05) is 6.07 Å². The number of nitrogens with two attached hydrogens (primary N) is 1. The van der Waals surface area contributed by atoms with Crippen LogP contribution < -0.4 is 10.6 Å². The van der Waals surface area contributed by atoms with E-state index in [0.29, 0.717) is 18.5 Å². The summed E-state index contributed by atoms with van der Waals surface area (Å²) in [6.45, 7) is 6.05. The number of hydrogen-bond donors (Lipinski definition) is 1. The molecule has 0 spiro atoms. The summed E-state index contributed by atoms with van der Waals surface area (Å²) in [4.78, 5) is 2.30. The zero-order valence-electron chi connectivity index (χ0n) is 11.3. The number of fused-ring (bicyclic) bond motifs is 1. The van der Waals surface area contributed by atoms with Crippen molar-refractivity contribution in [3.63, 3.8) is 0 Å². The molecule has 1 aromatic rings. The van der Waals surface area contributed by atoms with Crippen LogP contribution in [0.2, 0.25) is 0 Å². The molecule has 0 aliphatic carbocycles.